The summed E-state index contributed by atoms with van der Waals surface area (Å²) >= 11 is 0. The number of benzene rings is 2. The lowest BCUT2D eigenvalue weighted by Gasteiger charge is -2.16. The molecule has 2 nitrogen and oxygen atoms in total. The fraction of sp³-hybridized carbons (Fsp3) is 0.200. The van der Waals surface area contributed by atoms with Gasteiger partial charge in [0.2, 0.25) is 0 Å². The third kappa shape index (κ3) is 4.95. The van der Waals surface area contributed by atoms with Crippen molar-refractivity contribution in [2.45, 2.75) is 18.8 Å². The molecule has 6 heteroatoms. The van der Waals surface area contributed by atoms with Crippen molar-refractivity contribution in [2.24, 2.45) is 5.73 Å². The van der Waals surface area contributed by atoms with Crippen LogP contribution >= 0.6 is 12.4 Å². The van der Waals surface area contributed by atoms with Crippen LogP contribution in [0.4, 0.5) is 13.2 Å². The molecule has 114 valence electrons. The van der Waals surface area contributed by atoms with Gasteiger partial charge in [-0.05, 0) is 23.3 Å². The molecule has 0 heterocycles. The van der Waals surface area contributed by atoms with Crippen LogP contribution in [0.3, 0.4) is 0 Å². The minimum absolute atomic E-state index is 0. The predicted molar refractivity (Wildman–Crippen MR) is 77.4 cm³/mol. The summed E-state index contributed by atoms with van der Waals surface area (Å²) in [5.74, 6) is 0.367. The van der Waals surface area contributed by atoms with Gasteiger partial charge in [-0.25, -0.2) is 0 Å². The van der Waals surface area contributed by atoms with Gasteiger partial charge in [0.1, 0.15) is 18.4 Å². The van der Waals surface area contributed by atoms with Crippen LogP contribution in [0.5, 0.6) is 5.75 Å². The predicted octanol–water partition coefficient (Wildman–Crippen LogP) is 4.25. The molecular weight excluding hydrogens is 303 g/mol. The second kappa shape index (κ2) is 7.33. The molecule has 2 N–H and O–H groups in total. The number of hydrogen-bond donors (Lipinski definition) is 1. The first-order valence-corrected chi connectivity index (χ1v) is 6.06. The quantitative estimate of drug-likeness (QED) is 0.915. The fourth-order valence-electron chi connectivity index (χ4n) is 1.73. The Kier molecular flexibility index (Phi) is 6.05. The van der Waals surface area contributed by atoms with Crippen LogP contribution < -0.4 is 10.5 Å². The van der Waals surface area contributed by atoms with Gasteiger partial charge in [0.05, 0.1) is 0 Å². The van der Waals surface area contributed by atoms with Gasteiger partial charge in [0.15, 0.2) is 0 Å². The summed E-state index contributed by atoms with van der Waals surface area (Å²) in [5.41, 5.74) is 6.10. The van der Waals surface area contributed by atoms with E-state index in [1.54, 1.807) is 6.07 Å². The molecule has 0 saturated carbocycles. The second-order valence-electron chi connectivity index (χ2n) is 4.37. The Morgan fingerprint density at radius 2 is 1.67 bits per heavy atom. The fourth-order valence-corrected chi connectivity index (χ4v) is 1.73. The lowest BCUT2D eigenvalue weighted by Crippen LogP contribution is -2.28. The van der Waals surface area contributed by atoms with Gasteiger partial charge in [0.25, 0.3) is 0 Å². The van der Waals surface area contributed by atoms with Gasteiger partial charge in [-0.15, -0.1) is 12.4 Å². The average Bonchev–Trinajstić information content (AvgIpc) is 2.45. The van der Waals surface area contributed by atoms with Crippen molar-refractivity contribution in [2.75, 3.05) is 0 Å². The highest BCUT2D eigenvalue weighted by Crippen LogP contribution is 2.31. The highest BCUT2D eigenvalue weighted by Gasteiger charge is 2.37. The Morgan fingerprint density at radius 3 is 2.29 bits per heavy atom. The molecule has 0 bridgehead atoms. The van der Waals surface area contributed by atoms with E-state index in [4.69, 9.17) is 10.5 Å². The number of rotatable bonds is 4. The van der Waals surface area contributed by atoms with Crippen molar-refractivity contribution in [3.05, 3.63) is 65.7 Å². The first kappa shape index (κ1) is 17.3. The summed E-state index contributed by atoms with van der Waals surface area (Å²) in [6.45, 7) is 0.297. The Bertz CT molecular complexity index is 560. The topological polar surface area (TPSA) is 35.2 Å². The molecule has 0 saturated heterocycles. The lowest BCUT2D eigenvalue weighted by molar-refractivity contribution is -0.149. The van der Waals surface area contributed by atoms with Gasteiger partial charge in [-0.2, -0.15) is 13.2 Å². The Hall–Kier alpha value is -1.72. The van der Waals surface area contributed by atoms with E-state index in [2.05, 4.69) is 0 Å². The third-order valence-corrected chi connectivity index (χ3v) is 2.82. The maximum atomic E-state index is 12.6. The van der Waals surface area contributed by atoms with E-state index in [0.29, 0.717) is 12.4 Å². The summed E-state index contributed by atoms with van der Waals surface area (Å²) in [4.78, 5) is 0. The number of halogens is 4. The van der Waals surface area contributed by atoms with Gasteiger partial charge in [-0.3, -0.25) is 0 Å². The summed E-state index contributed by atoms with van der Waals surface area (Å²) in [6, 6.07) is 13.2. The van der Waals surface area contributed by atoms with Crippen molar-refractivity contribution in [1.82, 2.24) is 0 Å². The van der Waals surface area contributed by atoms with Crippen molar-refractivity contribution in [3.63, 3.8) is 0 Å². The van der Waals surface area contributed by atoms with E-state index in [0.717, 1.165) is 5.56 Å². The Balaban J connectivity index is 0.00000220. The molecule has 0 unspecified atom stereocenters. The summed E-state index contributed by atoms with van der Waals surface area (Å²) in [6.07, 6.45) is -4.46. The van der Waals surface area contributed by atoms with Crippen LogP contribution in [-0.4, -0.2) is 6.18 Å². The molecule has 21 heavy (non-hydrogen) atoms. The number of alkyl halides is 3. The molecule has 0 aliphatic carbocycles. The van der Waals surface area contributed by atoms with Crippen LogP contribution in [0.2, 0.25) is 0 Å². The third-order valence-electron chi connectivity index (χ3n) is 2.82. The maximum absolute atomic E-state index is 12.6. The van der Waals surface area contributed by atoms with Crippen molar-refractivity contribution in [1.29, 1.82) is 0 Å². The van der Waals surface area contributed by atoms with Crippen molar-refractivity contribution in [3.8, 4) is 5.75 Å². The molecule has 2 rings (SSSR count). The van der Waals surface area contributed by atoms with Crippen LogP contribution in [0.25, 0.3) is 0 Å². The van der Waals surface area contributed by atoms with Crippen molar-refractivity contribution < 1.29 is 17.9 Å². The van der Waals surface area contributed by atoms with Gasteiger partial charge in [-0.1, -0.05) is 42.5 Å². The molecule has 0 aromatic heterocycles. The largest absolute Gasteiger partial charge is 0.489 e. The molecule has 2 aromatic carbocycles. The average molecular weight is 318 g/mol. The van der Waals surface area contributed by atoms with Crippen LogP contribution in [0.1, 0.15) is 17.2 Å². The van der Waals surface area contributed by atoms with Crippen molar-refractivity contribution >= 4 is 12.4 Å². The highest BCUT2D eigenvalue weighted by atomic mass is 35.5. The Labute approximate surface area is 127 Å². The first-order chi connectivity index (χ1) is 9.47. The minimum atomic E-state index is -4.46. The molecule has 0 spiro atoms. The van der Waals surface area contributed by atoms with Gasteiger partial charge in [0, 0.05) is 0 Å². The number of nitrogens with two attached hydrogens (primary N) is 1. The monoisotopic (exact) mass is 317 g/mol. The summed E-state index contributed by atoms with van der Waals surface area (Å²) < 4.78 is 43.1. The minimum Gasteiger partial charge on any atom is -0.489 e. The van der Waals surface area contributed by atoms with E-state index in [-0.39, 0.29) is 18.0 Å². The highest BCUT2D eigenvalue weighted by molar-refractivity contribution is 5.85. The number of hydrogen-bond acceptors (Lipinski definition) is 2. The molecule has 0 amide bonds. The van der Waals surface area contributed by atoms with Gasteiger partial charge < -0.3 is 10.5 Å². The molecule has 1 atom stereocenters. The second-order valence-corrected chi connectivity index (χ2v) is 4.37. The summed E-state index contributed by atoms with van der Waals surface area (Å²) in [5, 5.41) is 0. The molecule has 0 fully saturated rings. The van der Waals surface area contributed by atoms with Crippen LogP contribution in [-0.2, 0) is 6.61 Å². The Morgan fingerprint density at radius 1 is 1.00 bits per heavy atom. The molecule has 0 radical (unpaired) electrons. The molecular formula is C15H15ClF3NO. The number of ether oxygens (including phenoxy) is 1. The molecule has 2 aromatic rings. The SMILES string of the molecule is Cl.N[C@H](c1cccc(OCc2ccccc2)c1)C(F)(F)F. The maximum Gasteiger partial charge on any atom is 0.407 e. The van der Waals surface area contributed by atoms with E-state index in [1.807, 2.05) is 30.3 Å². The summed E-state index contributed by atoms with van der Waals surface area (Å²) in [7, 11) is 0. The molecule has 0 aliphatic heterocycles. The standard InChI is InChI=1S/C15H14F3NO.ClH/c16-15(17,18)14(19)12-7-4-8-13(9-12)20-10-11-5-2-1-3-6-11;/h1-9,14H,10,19H2;1H/t14-;/m1./s1. The van der Waals surface area contributed by atoms with Crippen LogP contribution in [0, 0.1) is 0 Å². The van der Waals surface area contributed by atoms with E-state index < -0.39 is 12.2 Å². The zero-order chi connectivity index (χ0) is 14.6. The van der Waals surface area contributed by atoms with Crippen LogP contribution in [0.15, 0.2) is 54.6 Å². The lowest BCUT2D eigenvalue weighted by atomic mass is 10.1. The van der Waals surface area contributed by atoms with Gasteiger partial charge >= 0.3 is 6.18 Å². The van der Waals surface area contributed by atoms with E-state index >= 15 is 0 Å². The normalized spacial score (nSPS) is 12.4. The van der Waals surface area contributed by atoms with E-state index in [9.17, 15) is 13.2 Å². The molecule has 0 aliphatic rings. The zero-order valence-corrected chi connectivity index (χ0v) is 11.8. The smallest absolute Gasteiger partial charge is 0.407 e. The zero-order valence-electron chi connectivity index (χ0n) is 11.0. The first-order valence-electron chi connectivity index (χ1n) is 6.06. The van der Waals surface area contributed by atoms with E-state index in [1.165, 1.54) is 18.2 Å².